The van der Waals surface area contributed by atoms with Gasteiger partial charge >= 0.3 is 5.97 Å². The van der Waals surface area contributed by atoms with Gasteiger partial charge in [0.25, 0.3) is 0 Å². The predicted octanol–water partition coefficient (Wildman–Crippen LogP) is 5.46. The highest BCUT2D eigenvalue weighted by molar-refractivity contribution is 5.83. The summed E-state index contributed by atoms with van der Waals surface area (Å²) >= 11 is 0. The van der Waals surface area contributed by atoms with Crippen LogP contribution in [0, 0.1) is 11.8 Å². The molecule has 1 saturated carbocycles. The predicted molar refractivity (Wildman–Crippen MR) is 101 cm³/mol. The molecular formula is C21H35FO4. The van der Waals surface area contributed by atoms with Crippen molar-refractivity contribution in [2.24, 2.45) is 11.8 Å². The molecule has 0 amide bonds. The third kappa shape index (κ3) is 8.93. The molecule has 1 aliphatic rings. The lowest BCUT2D eigenvalue weighted by Gasteiger charge is -2.15. The molecule has 0 bridgehead atoms. The van der Waals surface area contributed by atoms with Crippen LogP contribution >= 0.6 is 0 Å². The Kier molecular flexibility index (Phi) is 12.2. The minimum absolute atomic E-state index is 0.124. The van der Waals surface area contributed by atoms with Gasteiger partial charge in [0.05, 0.1) is 0 Å². The van der Waals surface area contributed by atoms with Crippen LogP contribution in [0.15, 0.2) is 12.2 Å². The third-order valence-corrected chi connectivity index (χ3v) is 5.28. The quantitative estimate of drug-likeness (QED) is 0.307. The van der Waals surface area contributed by atoms with Crippen molar-refractivity contribution < 1.29 is 23.8 Å². The van der Waals surface area contributed by atoms with E-state index in [2.05, 4.69) is 23.8 Å². The van der Waals surface area contributed by atoms with Crippen molar-refractivity contribution in [2.45, 2.75) is 90.1 Å². The third-order valence-electron chi connectivity index (χ3n) is 5.28. The van der Waals surface area contributed by atoms with Gasteiger partial charge in [-0.05, 0) is 38.0 Å². The first kappa shape index (κ1) is 22.8. The summed E-state index contributed by atoms with van der Waals surface area (Å²) in [6, 6.07) is 0. The van der Waals surface area contributed by atoms with Gasteiger partial charge in [0, 0.05) is 12.3 Å². The first-order chi connectivity index (χ1) is 12.6. The van der Waals surface area contributed by atoms with Crippen molar-refractivity contribution in [3.8, 4) is 0 Å². The standard InChI is InChI=1S/C21H35FO4/c1-2-3-4-5-6-8-11-17-14-15-19(23)18(17)12-9-7-10-13-20(21(24)25)26-16-22/h8,11,17-18,20H,2-7,9-10,12-16H2,1H3,(H,24,25)/t17-,18+,20?/m0/s1. The molecule has 4 nitrogen and oxygen atoms in total. The Hall–Kier alpha value is -1.23. The second kappa shape index (κ2) is 13.9. The lowest BCUT2D eigenvalue weighted by atomic mass is 9.89. The Morgan fingerprint density at radius 3 is 2.73 bits per heavy atom. The number of carbonyl (C=O) groups is 2. The van der Waals surface area contributed by atoms with E-state index in [0.29, 0.717) is 31.0 Å². The van der Waals surface area contributed by atoms with E-state index in [1.165, 1.54) is 25.7 Å². The highest BCUT2D eigenvalue weighted by Crippen LogP contribution is 2.34. The van der Waals surface area contributed by atoms with E-state index >= 15 is 0 Å². The smallest absolute Gasteiger partial charge is 0.332 e. The van der Waals surface area contributed by atoms with Crippen LogP contribution in [0.5, 0.6) is 0 Å². The molecular weight excluding hydrogens is 335 g/mol. The van der Waals surface area contributed by atoms with E-state index in [1.54, 1.807) is 0 Å². The minimum Gasteiger partial charge on any atom is -0.479 e. The molecule has 0 heterocycles. The SMILES string of the molecule is CCCCCCC=C[C@H]1CCC(=O)[C@@H]1CCCCCC(OCF)C(=O)O. The monoisotopic (exact) mass is 370 g/mol. The fourth-order valence-electron chi connectivity index (χ4n) is 3.72. The number of hydrogen-bond donors (Lipinski definition) is 1. The second-order valence-electron chi connectivity index (χ2n) is 7.29. The van der Waals surface area contributed by atoms with Crippen molar-refractivity contribution in [3.63, 3.8) is 0 Å². The van der Waals surface area contributed by atoms with Crippen LogP contribution in [-0.2, 0) is 14.3 Å². The van der Waals surface area contributed by atoms with Crippen LogP contribution in [-0.4, -0.2) is 29.8 Å². The van der Waals surface area contributed by atoms with Gasteiger partial charge in [0.15, 0.2) is 13.0 Å². The Labute approximate surface area is 157 Å². The molecule has 5 heteroatoms. The number of unbranched alkanes of at least 4 members (excludes halogenated alkanes) is 6. The Morgan fingerprint density at radius 2 is 2.04 bits per heavy atom. The molecule has 1 aliphatic carbocycles. The van der Waals surface area contributed by atoms with Crippen molar-refractivity contribution in [1.82, 2.24) is 0 Å². The second-order valence-corrected chi connectivity index (χ2v) is 7.29. The number of ketones is 1. The van der Waals surface area contributed by atoms with Gasteiger partial charge in [-0.3, -0.25) is 4.79 Å². The zero-order valence-electron chi connectivity index (χ0n) is 16.1. The number of ether oxygens (including phenoxy) is 1. The number of carbonyl (C=O) groups excluding carboxylic acids is 1. The van der Waals surface area contributed by atoms with Gasteiger partial charge in [0.1, 0.15) is 5.78 Å². The molecule has 0 aliphatic heterocycles. The summed E-state index contributed by atoms with van der Waals surface area (Å²) < 4.78 is 16.7. The molecule has 0 radical (unpaired) electrons. The van der Waals surface area contributed by atoms with E-state index in [1.807, 2.05) is 0 Å². The summed E-state index contributed by atoms with van der Waals surface area (Å²) in [5, 5.41) is 8.91. The minimum atomic E-state index is -1.11. The molecule has 0 aromatic heterocycles. The van der Waals surface area contributed by atoms with Gasteiger partial charge in [0.2, 0.25) is 0 Å². The number of carboxylic acids is 1. The fraction of sp³-hybridized carbons (Fsp3) is 0.810. The number of rotatable bonds is 15. The molecule has 1 N–H and O–H groups in total. The van der Waals surface area contributed by atoms with E-state index in [-0.39, 0.29) is 5.92 Å². The number of aliphatic carboxylic acids is 1. The Balaban J connectivity index is 2.25. The Morgan fingerprint density at radius 1 is 1.27 bits per heavy atom. The molecule has 0 saturated heterocycles. The first-order valence-corrected chi connectivity index (χ1v) is 10.2. The summed E-state index contributed by atoms with van der Waals surface area (Å²) in [7, 11) is 0. The van der Waals surface area contributed by atoms with Crippen molar-refractivity contribution >= 4 is 11.8 Å². The van der Waals surface area contributed by atoms with Crippen LogP contribution in [0.2, 0.25) is 0 Å². The van der Waals surface area contributed by atoms with E-state index in [0.717, 1.165) is 32.1 Å². The number of hydrogen-bond acceptors (Lipinski definition) is 3. The molecule has 0 spiro atoms. The number of Topliss-reactive ketones (excluding diaryl/α,β-unsaturated/α-hetero) is 1. The van der Waals surface area contributed by atoms with Crippen LogP contribution in [0.3, 0.4) is 0 Å². The van der Waals surface area contributed by atoms with E-state index < -0.39 is 18.9 Å². The highest BCUT2D eigenvalue weighted by Gasteiger charge is 2.32. The van der Waals surface area contributed by atoms with Crippen LogP contribution in [0.1, 0.15) is 84.0 Å². The normalized spacial score (nSPS) is 21.5. The van der Waals surface area contributed by atoms with Crippen LogP contribution in [0.25, 0.3) is 0 Å². The Bertz CT molecular complexity index is 436. The largest absolute Gasteiger partial charge is 0.479 e. The van der Waals surface area contributed by atoms with E-state index in [4.69, 9.17) is 5.11 Å². The van der Waals surface area contributed by atoms with Gasteiger partial charge in [-0.1, -0.05) is 57.6 Å². The van der Waals surface area contributed by atoms with Gasteiger partial charge < -0.3 is 9.84 Å². The molecule has 1 unspecified atom stereocenters. The zero-order valence-corrected chi connectivity index (χ0v) is 16.1. The summed E-state index contributed by atoms with van der Waals surface area (Å²) in [5.41, 5.74) is 0. The molecule has 0 aromatic rings. The maximum atomic E-state index is 12.1. The van der Waals surface area contributed by atoms with Gasteiger partial charge in [-0.25, -0.2) is 9.18 Å². The van der Waals surface area contributed by atoms with Crippen LogP contribution in [0.4, 0.5) is 4.39 Å². The maximum absolute atomic E-state index is 12.1. The number of halogens is 1. The number of carboxylic acid groups (broad SMARTS) is 1. The first-order valence-electron chi connectivity index (χ1n) is 10.2. The zero-order chi connectivity index (χ0) is 19.2. The average molecular weight is 371 g/mol. The molecule has 1 rings (SSSR count). The average Bonchev–Trinajstić information content (AvgIpc) is 2.96. The topological polar surface area (TPSA) is 63.6 Å². The number of alkyl halides is 1. The van der Waals surface area contributed by atoms with Gasteiger partial charge in [-0.2, -0.15) is 0 Å². The van der Waals surface area contributed by atoms with Crippen LogP contribution < -0.4 is 0 Å². The molecule has 26 heavy (non-hydrogen) atoms. The maximum Gasteiger partial charge on any atom is 0.332 e. The summed E-state index contributed by atoms with van der Waals surface area (Å²) in [4.78, 5) is 23.0. The number of allylic oxidation sites excluding steroid dienone is 2. The fourth-order valence-corrected chi connectivity index (χ4v) is 3.72. The lowest BCUT2D eigenvalue weighted by molar-refractivity contribution is -0.154. The molecule has 0 aromatic carbocycles. The van der Waals surface area contributed by atoms with Crippen molar-refractivity contribution in [3.05, 3.63) is 12.2 Å². The molecule has 1 fully saturated rings. The summed E-state index contributed by atoms with van der Waals surface area (Å²) in [5.74, 6) is -0.248. The summed E-state index contributed by atoms with van der Waals surface area (Å²) in [6.07, 6.45) is 14.8. The highest BCUT2D eigenvalue weighted by atomic mass is 19.1. The summed E-state index contributed by atoms with van der Waals surface area (Å²) in [6.45, 7) is 1.14. The lowest BCUT2D eigenvalue weighted by Crippen LogP contribution is -2.23. The molecule has 3 atom stereocenters. The van der Waals surface area contributed by atoms with Crippen molar-refractivity contribution in [1.29, 1.82) is 0 Å². The van der Waals surface area contributed by atoms with Gasteiger partial charge in [-0.15, -0.1) is 0 Å². The molecule has 150 valence electrons. The van der Waals surface area contributed by atoms with E-state index in [9.17, 15) is 14.0 Å². The van der Waals surface area contributed by atoms with Crippen molar-refractivity contribution in [2.75, 3.05) is 6.86 Å².